The minimum atomic E-state index is 0.611. The Bertz CT molecular complexity index is 442. The van der Waals surface area contributed by atoms with Gasteiger partial charge in [0.25, 0.3) is 0 Å². The zero-order chi connectivity index (χ0) is 15.1. The molecule has 118 valence electrons. The average Bonchev–Trinajstić information content (AvgIpc) is 2.93. The molecule has 2 rings (SSSR count). The summed E-state index contributed by atoms with van der Waals surface area (Å²) in [7, 11) is 3.45. The monoisotopic (exact) mass is 356 g/mol. The molecule has 0 amide bonds. The first-order valence-electron chi connectivity index (χ1n) is 7.50. The predicted molar refractivity (Wildman–Crippen MR) is 88.9 cm³/mol. The van der Waals surface area contributed by atoms with Crippen LogP contribution >= 0.6 is 15.9 Å². The van der Waals surface area contributed by atoms with Crippen molar-refractivity contribution in [1.29, 1.82) is 0 Å². The summed E-state index contributed by atoms with van der Waals surface area (Å²) in [4.78, 5) is 2.55. The summed E-state index contributed by atoms with van der Waals surface area (Å²) in [5, 5.41) is 3.48. The largest absolute Gasteiger partial charge is 0.497 e. The third kappa shape index (κ3) is 4.95. The van der Waals surface area contributed by atoms with Gasteiger partial charge in [-0.05, 0) is 43.1 Å². The zero-order valence-electron chi connectivity index (χ0n) is 12.9. The minimum Gasteiger partial charge on any atom is -0.497 e. The molecule has 0 aliphatic carbocycles. The number of likely N-dealkylation sites (tertiary alicyclic amines) is 1. The van der Waals surface area contributed by atoms with Crippen LogP contribution in [0.5, 0.6) is 5.75 Å². The molecule has 0 spiro atoms. The van der Waals surface area contributed by atoms with E-state index in [1.54, 1.807) is 14.2 Å². The van der Waals surface area contributed by atoms with Crippen LogP contribution in [0.4, 0.5) is 0 Å². The lowest BCUT2D eigenvalue weighted by atomic mass is 10.1. The van der Waals surface area contributed by atoms with E-state index in [4.69, 9.17) is 9.47 Å². The number of hydrogen-bond donors (Lipinski definition) is 1. The molecule has 4 nitrogen and oxygen atoms in total. The Kier molecular flexibility index (Phi) is 6.96. The van der Waals surface area contributed by atoms with Crippen molar-refractivity contribution in [2.45, 2.75) is 25.4 Å². The van der Waals surface area contributed by atoms with Crippen molar-refractivity contribution < 1.29 is 9.47 Å². The van der Waals surface area contributed by atoms with Crippen LogP contribution < -0.4 is 10.1 Å². The highest BCUT2D eigenvalue weighted by Crippen LogP contribution is 2.27. The highest BCUT2D eigenvalue weighted by atomic mass is 79.9. The first-order chi connectivity index (χ1) is 10.2. The van der Waals surface area contributed by atoms with Gasteiger partial charge in [0.2, 0.25) is 0 Å². The fourth-order valence-corrected chi connectivity index (χ4v) is 3.17. The SMILES string of the molecule is COCCNCC1CCCN1Cc1cc(OC)ccc1Br. The lowest BCUT2D eigenvalue weighted by Gasteiger charge is -2.25. The van der Waals surface area contributed by atoms with Crippen molar-refractivity contribution in [3.8, 4) is 5.75 Å². The van der Waals surface area contributed by atoms with Gasteiger partial charge in [-0.25, -0.2) is 0 Å². The van der Waals surface area contributed by atoms with E-state index in [1.807, 2.05) is 6.07 Å². The Morgan fingerprint density at radius 3 is 3.00 bits per heavy atom. The van der Waals surface area contributed by atoms with Gasteiger partial charge in [-0.1, -0.05) is 15.9 Å². The number of benzene rings is 1. The molecule has 0 radical (unpaired) electrons. The van der Waals surface area contributed by atoms with Crippen molar-refractivity contribution in [3.63, 3.8) is 0 Å². The topological polar surface area (TPSA) is 33.7 Å². The lowest BCUT2D eigenvalue weighted by molar-refractivity contribution is 0.191. The molecular formula is C16H25BrN2O2. The van der Waals surface area contributed by atoms with Crippen LogP contribution in [0.25, 0.3) is 0 Å². The highest BCUT2D eigenvalue weighted by Gasteiger charge is 2.24. The second-order valence-corrected chi connectivity index (χ2v) is 6.28. The highest BCUT2D eigenvalue weighted by molar-refractivity contribution is 9.10. The van der Waals surface area contributed by atoms with Crippen LogP contribution in [0.3, 0.4) is 0 Å². The molecule has 1 fully saturated rings. The summed E-state index contributed by atoms with van der Waals surface area (Å²) < 4.78 is 11.6. The fourth-order valence-electron chi connectivity index (χ4n) is 2.80. The van der Waals surface area contributed by atoms with Gasteiger partial charge >= 0.3 is 0 Å². The Hall–Kier alpha value is -0.620. The first kappa shape index (κ1) is 16.7. The van der Waals surface area contributed by atoms with Gasteiger partial charge in [-0.2, -0.15) is 0 Å². The van der Waals surface area contributed by atoms with E-state index in [0.29, 0.717) is 6.04 Å². The van der Waals surface area contributed by atoms with Crippen molar-refractivity contribution in [2.24, 2.45) is 0 Å². The number of halogens is 1. The summed E-state index contributed by atoms with van der Waals surface area (Å²) in [6.45, 7) is 4.86. The number of hydrogen-bond acceptors (Lipinski definition) is 4. The second kappa shape index (κ2) is 8.73. The summed E-state index contributed by atoms with van der Waals surface area (Å²) in [6, 6.07) is 6.79. The van der Waals surface area contributed by atoms with Crippen LogP contribution in [0, 0.1) is 0 Å². The number of rotatable bonds is 8. The molecule has 0 bridgehead atoms. The summed E-state index contributed by atoms with van der Waals surface area (Å²) in [5.74, 6) is 0.919. The Morgan fingerprint density at radius 1 is 1.38 bits per heavy atom. The molecule has 1 unspecified atom stereocenters. The molecule has 0 saturated carbocycles. The van der Waals surface area contributed by atoms with Gasteiger partial charge < -0.3 is 14.8 Å². The zero-order valence-corrected chi connectivity index (χ0v) is 14.5. The number of nitrogens with one attached hydrogen (secondary N) is 1. The average molecular weight is 357 g/mol. The Balaban J connectivity index is 1.91. The number of ether oxygens (including phenoxy) is 2. The van der Waals surface area contributed by atoms with Gasteiger partial charge in [0.1, 0.15) is 5.75 Å². The smallest absolute Gasteiger partial charge is 0.119 e. The normalized spacial score (nSPS) is 19.1. The van der Waals surface area contributed by atoms with Crippen LogP contribution in [0.2, 0.25) is 0 Å². The molecule has 1 heterocycles. The maximum absolute atomic E-state index is 5.33. The quantitative estimate of drug-likeness (QED) is 0.726. The van der Waals surface area contributed by atoms with Crippen molar-refractivity contribution in [3.05, 3.63) is 28.2 Å². The number of nitrogens with zero attached hydrogens (tertiary/aromatic N) is 1. The molecular weight excluding hydrogens is 332 g/mol. The van der Waals surface area contributed by atoms with Gasteiger partial charge in [-0.15, -0.1) is 0 Å². The van der Waals surface area contributed by atoms with E-state index in [1.165, 1.54) is 24.9 Å². The molecule has 21 heavy (non-hydrogen) atoms. The standard InChI is InChI=1S/C16H25BrN2O2/c1-20-9-7-18-11-14-4-3-8-19(14)12-13-10-15(21-2)5-6-16(13)17/h5-6,10,14,18H,3-4,7-9,11-12H2,1-2H3. The maximum Gasteiger partial charge on any atom is 0.119 e. The van der Waals surface area contributed by atoms with Gasteiger partial charge in [0, 0.05) is 37.3 Å². The molecule has 1 aromatic rings. The van der Waals surface area contributed by atoms with Gasteiger partial charge in [0.15, 0.2) is 0 Å². The van der Waals surface area contributed by atoms with Crippen LogP contribution in [-0.4, -0.2) is 51.4 Å². The Morgan fingerprint density at radius 2 is 2.24 bits per heavy atom. The van der Waals surface area contributed by atoms with E-state index in [2.05, 4.69) is 38.3 Å². The molecule has 1 aromatic carbocycles. The van der Waals surface area contributed by atoms with E-state index in [0.717, 1.165) is 36.5 Å². The minimum absolute atomic E-state index is 0.611. The fraction of sp³-hybridized carbons (Fsp3) is 0.625. The molecule has 1 N–H and O–H groups in total. The first-order valence-corrected chi connectivity index (χ1v) is 8.30. The van der Waals surface area contributed by atoms with Gasteiger partial charge in [-0.3, -0.25) is 4.90 Å². The van der Waals surface area contributed by atoms with Crippen molar-refractivity contribution in [1.82, 2.24) is 10.2 Å². The molecule has 1 saturated heterocycles. The van der Waals surface area contributed by atoms with Crippen LogP contribution in [0.1, 0.15) is 18.4 Å². The molecule has 0 aromatic heterocycles. The van der Waals surface area contributed by atoms with E-state index >= 15 is 0 Å². The van der Waals surface area contributed by atoms with Crippen LogP contribution in [0.15, 0.2) is 22.7 Å². The lowest BCUT2D eigenvalue weighted by Crippen LogP contribution is -2.38. The van der Waals surface area contributed by atoms with Gasteiger partial charge in [0.05, 0.1) is 13.7 Å². The summed E-state index contributed by atoms with van der Waals surface area (Å²) >= 11 is 3.65. The third-order valence-electron chi connectivity index (χ3n) is 3.99. The van der Waals surface area contributed by atoms with E-state index in [9.17, 15) is 0 Å². The van der Waals surface area contributed by atoms with Crippen molar-refractivity contribution >= 4 is 15.9 Å². The van der Waals surface area contributed by atoms with Crippen molar-refractivity contribution in [2.75, 3.05) is 40.5 Å². The molecule has 1 atom stereocenters. The van der Waals surface area contributed by atoms with E-state index < -0.39 is 0 Å². The second-order valence-electron chi connectivity index (χ2n) is 5.42. The van der Waals surface area contributed by atoms with Crippen LogP contribution in [-0.2, 0) is 11.3 Å². The Labute approximate surface area is 135 Å². The molecule has 1 aliphatic heterocycles. The molecule has 5 heteroatoms. The summed E-state index contributed by atoms with van der Waals surface area (Å²) in [6.07, 6.45) is 2.54. The molecule has 1 aliphatic rings. The summed E-state index contributed by atoms with van der Waals surface area (Å²) in [5.41, 5.74) is 1.29. The third-order valence-corrected chi connectivity index (χ3v) is 4.76. The number of methoxy groups -OCH3 is 2. The maximum atomic E-state index is 5.33. The predicted octanol–water partition coefficient (Wildman–Crippen LogP) is 2.66. The van der Waals surface area contributed by atoms with E-state index in [-0.39, 0.29) is 0 Å².